The molecule has 0 saturated carbocycles. The molecular formula is C14H24N4O3S. The number of aromatic nitrogens is 2. The zero-order valence-corrected chi connectivity index (χ0v) is 14.4. The van der Waals surface area contributed by atoms with Crippen LogP contribution in [0.4, 0.5) is 0 Å². The van der Waals surface area contributed by atoms with Crippen LogP contribution in [0, 0.1) is 19.8 Å². The van der Waals surface area contributed by atoms with E-state index in [2.05, 4.69) is 17.1 Å². The Bertz CT molecular complexity index is 634. The Kier molecular flexibility index (Phi) is 4.91. The largest absolute Gasteiger partial charge is 0.341 e. The van der Waals surface area contributed by atoms with E-state index in [0.29, 0.717) is 30.4 Å². The molecule has 8 heteroatoms. The van der Waals surface area contributed by atoms with Gasteiger partial charge in [0.2, 0.25) is 15.9 Å². The number of rotatable bonds is 4. The molecule has 0 aliphatic carbocycles. The topological polar surface area (TPSA) is 86.4 Å². The van der Waals surface area contributed by atoms with Crippen LogP contribution in [0.5, 0.6) is 0 Å². The van der Waals surface area contributed by atoms with Crippen molar-refractivity contribution in [3.05, 3.63) is 11.4 Å². The molecule has 2 rings (SSSR count). The zero-order valence-electron chi connectivity index (χ0n) is 13.6. The second-order valence-corrected chi connectivity index (χ2v) is 8.09. The van der Waals surface area contributed by atoms with Gasteiger partial charge in [0.15, 0.2) is 0 Å². The van der Waals surface area contributed by atoms with Gasteiger partial charge in [-0.15, -0.1) is 0 Å². The number of carbonyl (C=O) groups excluding carboxylic acids is 1. The highest BCUT2D eigenvalue weighted by atomic mass is 32.2. The summed E-state index contributed by atoms with van der Waals surface area (Å²) in [7, 11) is -2.28. The van der Waals surface area contributed by atoms with Crippen molar-refractivity contribution in [1.29, 1.82) is 0 Å². The molecule has 7 nitrogen and oxygen atoms in total. The molecule has 1 atom stereocenters. The number of sulfonamides is 1. The molecule has 1 amide bonds. The predicted octanol–water partition coefficient (Wildman–Crippen LogP) is 0.906. The predicted molar refractivity (Wildman–Crippen MR) is 82.9 cm³/mol. The van der Waals surface area contributed by atoms with E-state index in [4.69, 9.17) is 0 Å². The third-order valence-electron chi connectivity index (χ3n) is 4.10. The number of amides is 1. The molecule has 124 valence electrons. The van der Waals surface area contributed by atoms with Crippen molar-refractivity contribution >= 4 is 15.9 Å². The van der Waals surface area contributed by atoms with Crippen molar-refractivity contribution in [2.24, 2.45) is 5.92 Å². The van der Waals surface area contributed by atoms with E-state index in [1.807, 2.05) is 0 Å². The molecular weight excluding hydrogens is 304 g/mol. The molecule has 1 aliphatic heterocycles. The maximum Gasteiger partial charge on any atom is 0.246 e. The maximum absolute atomic E-state index is 12.6. The number of piperidine rings is 1. The minimum atomic E-state index is -3.71. The minimum absolute atomic E-state index is 0.140. The maximum atomic E-state index is 12.6. The third kappa shape index (κ3) is 3.33. The Hall–Kier alpha value is -1.41. The van der Waals surface area contributed by atoms with Crippen LogP contribution in [0.15, 0.2) is 4.90 Å². The summed E-state index contributed by atoms with van der Waals surface area (Å²) in [6, 6.07) is 0. The number of nitrogens with zero attached hydrogens (tertiary/aromatic N) is 3. The van der Waals surface area contributed by atoms with Crippen molar-refractivity contribution in [2.45, 2.75) is 38.5 Å². The molecule has 1 unspecified atom stereocenters. The molecule has 22 heavy (non-hydrogen) atoms. The number of likely N-dealkylation sites (tertiary alicyclic amines) is 1. The van der Waals surface area contributed by atoms with Gasteiger partial charge in [0.25, 0.3) is 0 Å². The number of H-pyrrole nitrogens is 1. The standard InChI is InChI=1S/C14H24N4O3S/c1-10-6-5-7-18(8-10)13(19)9-17(4)22(20,21)14-11(2)15-16-12(14)3/h10H,5-9H2,1-4H3,(H,15,16). The number of nitrogens with one attached hydrogen (secondary N) is 1. The van der Waals surface area contributed by atoms with Crippen LogP contribution < -0.4 is 0 Å². The summed E-state index contributed by atoms with van der Waals surface area (Å²) in [5, 5.41) is 6.59. The third-order valence-corrected chi connectivity index (χ3v) is 6.16. The van der Waals surface area contributed by atoms with Crippen molar-refractivity contribution in [3.8, 4) is 0 Å². The lowest BCUT2D eigenvalue weighted by atomic mass is 10.0. The van der Waals surface area contributed by atoms with Gasteiger partial charge in [0, 0.05) is 20.1 Å². The van der Waals surface area contributed by atoms with Gasteiger partial charge in [0.1, 0.15) is 4.90 Å². The monoisotopic (exact) mass is 328 g/mol. The van der Waals surface area contributed by atoms with E-state index >= 15 is 0 Å². The van der Waals surface area contributed by atoms with Gasteiger partial charge in [-0.25, -0.2) is 8.42 Å². The van der Waals surface area contributed by atoms with Crippen molar-refractivity contribution in [3.63, 3.8) is 0 Å². The Morgan fingerprint density at radius 1 is 1.45 bits per heavy atom. The lowest BCUT2D eigenvalue weighted by molar-refractivity contribution is -0.132. The van der Waals surface area contributed by atoms with Gasteiger partial charge in [-0.1, -0.05) is 6.92 Å². The average molecular weight is 328 g/mol. The van der Waals surface area contributed by atoms with Gasteiger partial charge in [-0.3, -0.25) is 9.89 Å². The van der Waals surface area contributed by atoms with Crippen LogP contribution in [-0.4, -0.2) is 60.4 Å². The Morgan fingerprint density at radius 3 is 2.68 bits per heavy atom. The van der Waals surface area contributed by atoms with E-state index in [-0.39, 0.29) is 17.3 Å². The van der Waals surface area contributed by atoms with Crippen molar-refractivity contribution in [1.82, 2.24) is 19.4 Å². The fourth-order valence-corrected chi connectivity index (χ4v) is 4.31. The Morgan fingerprint density at radius 2 is 2.14 bits per heavy atom. The van der Waals surface area contributed by atoms with E-state index in [9.17, 15) is 13.2 Å². The van der Waals surface area contributed by atoms with Crippen LogP contribution in [0.2, 0.25) is 0 Å². The highest BCUT2D eigenvalue weighted by molar-refractivity contribution is 7.89. The number of hydrogen-bond acceptors (Lipinski definition) is 4. The zero-order chi connectivity index (χ0) is 16.5. The summed E-state index contributed by atoms with van der Waals surface area (Å²) in [6.07, 6.45) is 2.09. The first kappa shape index (κ1) is 17.0. The van der Waals surface area contributed by atoms with Gasteiger partial charge in [-0.2, -0.15) is 9.40 Å². The van der Waals surface area contributed by atoms with Crippen LogP contribution in [0.3, 0.4) is 0 Å². The SMILES string of the molecule is Cc1n[nH]c(C)c1S(=O)(=O)N(C)CC(=O)N1CCCC(C)C1. The van der Waals surface area contributed by atoms with E-state index < -0.39 is 10.0 Å². The number of aryl methyl sites for hydroxylation is 2. The Labute approximate surface area is 131 Å². The highest BCUT2D eigenvalue weighted by Crippen LogP contribution is 2.21. The van der Waals surface area contributed by atoms with Crippen LogP contribution in [0.1, 0.15) is 31.2 Å². The molecule has 2 heterocycles. The van der Waals surface area contributed by atoms with Crippen LogP contribution in [-0.2, 0) is 14.8 Å². The second-order valence-electron chi connectivity index (χ2n) is 6.11. The molecule has 1 aliphatic rings. The van der Waals surface area contributed by atoms with E-state index in [1.165, 1.54) is 7.05 Å². The molecule has 0 spiro atoms. The fraction of sp³-hybridized carbons (Fsp3) is 0.714. The first-order chi connectivity index (χ1) is 10.2. The molecule has 1 N–H and O–H groups in total. The summed E-state index contributed by atoms with van der Waals surface area (Å²) >= 11 is 0. The summed E-state index contributed by atoms with van der Waals surface area (Å²) in [4.78, 5) is 14.3. The number of carbonyl (C=O) groups is 1. The number of aromatic amines is 1. The molecule has 1 aromatic heterocycles. The minimum Gasteiger partial charge on any atom is -0.341 e. The first-order valence-electron chi connectivity index (χ1n) is 7.49. The molecule has 1 saturated heterocycles. The summed E-state index contributed by atoms with van der Waals surface area (Å²) in [5.74, 6) is 0.328. The van der Waals surface area contributed by atoms with Gasteiger partial charge in [-0.05, 0) is 32.6 Å². The molecule has 0 radical (unpaired) electrons. The van der Waals surface area contributed by atoms with Gasteiger partial charge < -0.3 is 4.90 Å². The van der Waals surface area contributed by atoms with Crippen LogP contribution >= 0.6 is 0 Å². The second kappa shape index (κ2) is 6.37. The van der Waals surface area contributed by atoms with Crippen molar-refractivity contribution in [2.75, 3.05) is 26.7 Å². The Balaban J connectivity index is 2.11. The highest BCUT2D eigenvalue weighted by Gasteiger charge is 2.30. The molecule has 1 fully saturated rings. The van der Waals surface area contributed by atoms with Gasteiger partial charge >= 0.3 is 0 Å². The van der Waals surface area contributed by atoms with Gasteiger partial charge in [0.05, 0.1) is 17.9 Å². The number of likely N-dealkylation sites (N-methyl/N-ethyl adjacent to an activating group) is 1. The lowest BCUT2D eigenvalue weighted by Crippen LogP contribution is -2.45. The number of hydrogen-bond donors (Lipinski definition) is 1. The smallest absolute Gasteiger partial charge is 0.246 e. The summed E-state index contributed by atoms with van der Waals surface area (Å²) in [5.41, 5.74) is 0.909. The average Bonchev–Trinajstić information content (AvgIpc) is 2.78. The normalized spacial score (nSPS) is 19.7. The fourth-order valence-electron chi connectivity index (χ4n) is 2.87. The summed E-state index contributed by atoms with van der Waals surface area (Å²) < 4.78 is 26.3. The van der Waals surface area contributed by atoms with Crippen molar-refractivity contribution < 1.29 is 13.2 Å². The lowest BCUT2D eigenvalue weighted by Gasteiger charge is -2.32. The quantitative estimate of drug-likeness (QED) is 0.890. The van der Waals surface area contributed by atoms with Crippen LogP contribution in [0.25, 0.3) is 0 Å². The van der Waals surface area contributed by atoms with E-state index in [1.54, 1.807) is 18.7 Å². The van der Waals surface area contributed by atoms with E-state index in [0.717, 1.165) is 17.1 Å². The molecule has 0 aromatic carbocycles. The molecule has 0 bridgehead atoms. The summed E-state index contributed by atoms with van der Waals surface area (Å²) in [6.45, 7) is 6.68. The molecule has 1 aromatic rings. The first-order valence-corrected chi connectivity index (χ1v) is 8.93.